The van der Waals surface area contributed by atoms with Crippen molar-refractivity contribution in [1.29, 1.82) is 0 Å². The van der Waals surface area contributed by atoms with Crippen LogP contribution in [0.15, 0.2) is 35.6 Å². The van der Waals surface area contributed by atoms with Gasteiger partial charge in [-0.05, 0) is 31.5 Å². The fourth-order valence-corrected chi connectivity index (χ4v) is 3.23. The maximum Gasteiger partial charge on any atom is 0.242 e. The molecule has 158 valence electrons. The molecule has 3 rings (SSSR count). The molecule has 0 aliphatic carbocycles. The Morgan fingerprint density at radius 1 is 1.24 bits per heavy atom. The summed E-state index contributed by atoms with van der Waals surface area (Å²) in [6.07, 6.45) is 1.71. The van der Waals surface area contributed by atoms with Crippen LogP contribution < -0.4 is 5.32 Å². The van der Waals surface area contributed by atoms with Gasteiger partial charge in [0.25, 0.3) is 0 Å². The lowest BCUT2D eigenvalue weighted by Gasteiger charge is -2.36. The highest BCUT2D eigenvalue weighted by molar-refractivity contribution is 14.0. The van der Waals surface area contributed by atoms with Crippen molar-refractivity contribution >= 4 is 47.4 Å². The molecular weight excluding hydrogens is 505 g/mol. The largest absolute Gasteiger partial charge is 0.356 e. The molecule has 0 radical (unpaired) electrons. The number of hydrogen-bond acceptors (Lipinski definition) is 4. The minimum absolute atomic E-state index is 0. The Kier molecular flexibility index (Phi) is 9.15. The minimum Gasteiger partial charge on any atom is -0.356 e. The van der Waals surface area contributed by atoms with Crippen LogP contribution in [0.5, 0.6) is 0 Å². The van der Waals surface area contributed by atoms with Gasteiger partial charge in [0, 0.05) is 37.7 Å². The zero-order valence-corrected chi connectivity index (χ0v) is 19.8. The molecule has 0 bridgehead atoms. The second-order valence-corrected chi connectivity index (χ2v) is 7.00. The number of carbonyl (C=O) groups excluding carboxylic acids is 1. The smallest absolute Gasteiger partial charge is 0.242 e. The number of nitrogens with one attached hydrogen (secondary N) is 1. The molecule has 1 saturated heterocycles. The zero-order valence-electron chi connectivity index (χ0n) is 16.7. The van der Waals surface area contributed by atoms with E-state index in [0.29, 0.717) is 31.2 Å². The van der Waals surface area contributed by atoms with Crippen molar-refractivity contribution in [3.8, 4) is 0 Å². The van der Waals surface area contributed by atoms with Crippen LogP contribution in [-0.2, 0) is 24.4 Å². The number of amides is 1. The summed E-state index contributed by atoms with van der Waals surface area (Å²) in [5, 5.41) is 12.0. The number of halogens is 2. The van der Waals surface area contributed by atoms with E-state index in [1.165, 1.54) is 0 Å². The lowest BCUT2D eigenvalue weighted by molar-refractivity contribution is -0.135. The Bertz CT molecular complexity index is 824. The molecular formula is C19H27ClIN7O. The first-order chi connectivity index (χ1) is 13.6. The second-order valence-electron chi connectivity index (χ2n) is 6.57. The van der Waals surface area contributed by atoms with Gasteiger partial charge in [-0.15, -0.1) is 34.2 Å². The molecule has 29 heavy (non-hydrogen) atoms. The molecule has 10 heteroatoms. The van der Waals surface area contributed by atoms with Crippen LogP contribution in [0.3, 0.4) is 0 Å². The van der Waals surface area contributed by atoms with E-state index in [1.54, 1.807) is 6.33 Å². The summed E-state index contributed by atoms with van der Waals surface area (Å²) in [5.74, 6) is 1.63. The number of aliphatic imine (C=N–C) groups is 1. The number of guanidine groups is 1. The summed E-state index contributed by atoms with van der Waals surface area (Å²) < 4.78 is 1.96. The zero-order chi connectivity index (χ0) is 19.9. The Balaban J connectivity index is 0.00000300. The molecule has 1 N–H and O–H groups in total. The van der Waals surface area contributed by atoms with Crippen molar-refractivity contribution in [2.75, 3.05) is 26.2 Å². The van der Waals surface area contributed by atoms with Crippen LogP contribution in [-0.4, -0.2) is 62.6 Å². The van der Waals surface area contributed by atoms with Gasteiger partial charge in [0.05, 0.1) is 6.54 Å². The van der Waals surface area contributed by atoms with Gasteiger partial charge in [0.1, 0.15) is 12.9 Å². The van der Waals surface area contributed by atoms with E-state index in [0.717, 1.165) is 37.0 Å². The first-order valence-corrected chi connectivity index (χ1v) is 9.90. The fourth-order valence-electron chi connectivity index (χ4n) is 3.10. The Morgan fingerprint density at radius 3 is 2.66 bits per heavy atom. The third kappa shape index (κ3) is 6.30. The number of benzene rings is 1. The lowest BCUT2D eigenvalue weighted by atomic mass is 10.2. The predicted molar refractivity (Wildman–Crippen MR) is 124 cm³/mol. The number of hydrogen-bond donors (Lipinski definition) is 1. The SMILES string of the molecule is CCNC(=NCc1nncn1CC)N1CCN(Cc2ccc(Cl)cc2)C(=O)C1.I. The quantitative estimate of drug-likeness (QED) is 0.352. The van der Waals surface area contributed by atoms with Crippen LogP contribution in [0.25, 0.3) is 0 Å². The number of aromatic nitrogens is 3. The molecule has 2 aromatic rings. The average Bonchev–Trinajstić information content (AvgIpc) is 3.16. The number of piperazine rings is 1. The van der Waals surface area contributed by atoms with Gasteiger partial charge in [-0.3, -0.25) is 4.79 Å². The van der Waals surface area contributed by atoms with E-state index in [1.807, 2.05) is 52.5 Å². The summed E-state index contributed by atoms with van der Waals surface area (Å²) in [7, 11) is 0. The molecule has 8 nitrogen and oxygen atoms in total. The number of rotatable bonds is 6. The van der Waals surface area contributed by atoms with E-state index in [-0.39, 0.29) is 29.9 Å². The molecule has 0 unspecified atom stereocenters. The number of carbonyl (C=O) groups is 1. The molecule has 0 atom stereocenters. The molecule has 1 fully saturated rings. The number of nitrogens with zero attached hydrogens (tertiary/aromatic N) is 6. The Morgan fingerprint density at radius 2 is 2.00 bits per heavy atom. The van der Waals surface area contributed by atoms with Crippen molar-refractivity contribution in [3.05, 3.63) is 47.0 Å². The van der Waals surface area contributed by atoms with Crippen LogP contribution in [0, 0.1) is 0 Å². The summed E-state index contributed by atoms with van der Waals surface area (Å²) in [5.41, 5.74) is 1.07. The van der Waals surface area contributed by atoms with Crippen LogP contribution in [0.2, 0.25) is 5.02 Å². The van der Waals surface area contributed by atoms with Crippen molar-refractivity contribution in [1.82, 2.24) is 29.9 Å². The minimum atomic E-state index is 0. The normalized spacial score (nSPS) is 14.7. The monoisotopic (exact) mass is 531 g/mol. The standard InChI is InChI=1S/C19H26ClN7O.HI/c1-3-21-19(22-11-17-24-23-14-25(17)4-2)27-10-9-26(18(28)13-27)12-15-5-7-16(20)8-6-15;/h5-8,14H,3-4,9-13H2,1-2H3,(H,21,22);1H. The van der Waals surface area contributed by atoms with Gasteiger partial charge < -0.3 is 19.7 Å². The van der Waals surface area contributed by atoms with Gasteiger partial charge in [-0.25, -0.2) is 4.99 Å². The van der Waals surface area contributed by atoms with Crippen molar-refractivity contribution in [2.24, 2.45) is 4.99 Å². The summed E-state index contributed by atoms with van der Waals surface area (Å²) >= 11 is 5.94. The van der Waals surface area contributed by atoms with Crippen molar-refractivity contribution < 1.29 is 4.79 Å². The van der Waals surface area contributed by atoms with Crippen molar-refractivity contribution in [2.45, 2.75) is 33.5 Å². The first-order valence-electron chi connectivity index (χ1n) is 9.52. The molecule has 1 aliphatic rings. The van der Waals surface area contributed by atoms with Crippen LogP contribution in [0.1, 0.15) is 25.2 Å². The molecule has 0 spiro atoms. The lowest BCUT2D eigenvalue weighted by Crippen LogP contribution is -2.54. The Hall–Kier alpha value is -1.88. The second kappa shape index (κ2) is 11.3. The van der Waals surface area contributed by atoms with Gasteiger partial charge >= 0.3 is 0 Å². The first kappa shape index (κ1) is 23.4. The fraction of sp³-hybridized carbons (Fsp3) is 0.474. The molecule has 1 aromatic carbocycles. The van der Waals surface area contributed by atoms with Crippen LogP contribution >= 0.6 is 35.6 Å². The van der Waals surface area contributed by atoms with E-state index in [4.69, 9.17) is 11.6 Å². The number of aryl methyl sites for hydroxylation is 1. The van der Waals surface area contributed by atoms with E-state index >= 15 is 0 Å². The van der Waals surface area contributed by atoms with Crippen molar-refractivity contribution in [3.63, 3.8) is 0 Å². The molecule has 1 amide bonds. The third-order valence-electron chi connectivity index (χ3n) is 4.65. The van der Waals surface area contributed by atoms with Gasteiger partial charge in [0.15, 0.2) is 11.8 Å². The highest BCUT2D eigenvalue weighted by Crippen LogP contribution is 2.14. The third-order valence-corrected chi connectivity index (χ3v) is 4.90. The van der Waals surface area contributed by atoms with Crippen LogP contribution in [0.4, 0.5) is 0 Å². The maximum absolute atomic E-state index is 12.7. The Labute approximate surface area is 193 Å². The maximum atomic E-state index is 12.7. The van der Waals surface area contributed by atoms with E-state index < -0.39 is 0 Å². The highest BCUT2D eigenvalue weighted by Gasteiger charge is 2.26. The average molecular weight is 532 g/mol. The topological polar surface area (TPSA) is 78.7 Å². The summed E-state index contributed by atoms with van der Waals surface area (Å²) in [4.78, 5) is 21.2. The van der Waals surface area contributed by atoms with E-state index in [9.17, 15) is 4.79 Å². The highest BCUT2D eigenvalue weighted by atomic mass is 127. The molecule has 2 heterocycles. The predicted octanol–water partition coefficient (Wildman–Crippen LogP) is 2.38. The summed E-state index contributed by atoms with van der Waals surface area (Å²) in [6.45, 7) is 8.30. The van der Waals surface area contributed by atoms with Gasteiger partial charge in [-0.1, -0.05) is 23.7 Å². The molecule has 1 aliphatic heterocycles. The summed E-state index contributed by atoms with van der Waals surface area (Å²) in [6, 6.07) is 7.61. The van der Waals surface area contributed by atoms with E-state index in [2.05, 4.69) is 20.5 Å². The molecule has 0 saturated carbocycles. The van der Waals surface area contributed by atoms with Gasteiger partial charge in [0.2, 0.25) is 5.91 Å². The van der Waals surface area contributed by atoms with Gasteiger partial charge in [-0.2, -0.15) is 0 Å². The molecule has 1 aromatic heterocycles.